The van der Waals surface area contributed by atoms with E-state index in [4.69, 9.17) is 4.74 Å². The molecule has 1 rings (SSSR count). The number of rotatable bonds is 8. The Balaban J connectivity index is 2.99. The lowest BCUT2D eigenvalue weighted by Crippen LogP contribution is -2.24. The second kappa shape index (κ2) is 7.91. The summed E-state index contributed by atoms with van der Waals surface area (Å²) in [6.07, 6.45) is 0. The minimum Gasteiger partial charge on any atom is -0.490 e. The van der Waals surface area contributed by atoms with Gasteiger partial charge in [-0.3, -0.25) is 0 Å². The van der Waals surface area contributed by atoms with Crippen molar-refractivity contribution in [1.82, 2.24) is 5.32 Å². The molecule has 0 spiro atoms. The highest BCUT2D eigenvalue weighted by atomic mass is 19.3. The van der Waals surface area contributed by atoms with Crippen LogP contribution in [0.3, 0.4) is 0 Å². The first-order valence-electron chi connectivity index (χ1n) is 6.18. The van der Waals surface area contributed by atoms with Crippen molar-refractivity contribution in [3.8, 4) is 11.5 Å². The third kappa shape index (κ3) is 4.65. The Bertz CT molecular complexity index is 388. The molecule has 1 aromatic carbocycles. The molecule has 0 amide bonds. The number of ether oxygens (including phenoxy) is 2. The zero-order valence-electron chi connectivity index (χ0n) is 11.0. The van der Waals surface area contributed by atoms with Gasteiger partial charge in [0.05, 0.1) is 19.3 Å². The number of hydrogen-bond acceptors (Lipinski definition) is 4. The largest absolute Gasteiger partial charge is 0.490 e. The third-order valence-corrected chi connectivity index (χ3v) is 2.52. The molecule has 4 nitrogen and oxygen atoms in total. The van der Waals surface area contributed by atoms with Crippen molar-refractivity contribution >= 4 is 0 Å². The van der Waals surface area contributed by atoms with Crippen LogP contribution >= 0.6 is 0 Å². The molecule has 19 heavy (non-hydrogen) atoms. The summed E-state index contributed by atoms with van der Waals surface area (Å²) in [6.45, 7) is 1.72. The van der Waals surface area contributed by atoms with Crippen LogP contribution in [0, 0.1) is 0 Å². The quantitative estimate of drug-likeness (QED) is 0.764. The van der Waals surface area contributed by atoms with Crippen LogP contribution in [0.25, 0.3) is 0 Å². The van der Waals surface area contributed by atoms with Crippen molar-refractivity contribution in [2.75, 3.05) is 19.8 Å². The number of alkyl halides is 2. The zero-order valence-corrected chi connectivity index (χ0v) is 11.0. The Morgan fingerprint density at radius 1 is 1.26 bits per heavy atom. The van der Waals surface area contributed by atoms with Gasteiger partial charge in [0.2, 0.25) is 0 Å². The second-order valence-electron chi connectivity index (χ2n) is 3.81. The number of nitrogens with one attached hydrogen (secondary N) is 1. The molecule has 6 heteroatoms. The van der Waals surface area contributed by atoms with Gasteiger partial charge in [-0.05, 0) is 31.2 Å². The van der Waals surface area contributed by atoms with Crippen LogP contribution in [0.5, 0.6) is 11.5 Å². The van der Waals surface area contributed by atoms with Crippen LogP contribution in [0.15, 0.2) is 18.2 Å². The highest BCUT2D eigenvalue weighted by Gasteiger charge is 2.15. The van der Waals surface area contributed by atoms with Crippen LogP contribution in [0.1, 0.15) is 25.5 Å². The van der Waals surface area contributed by atoms with E-state index in [-0.39, 0.29) is 24.1 Å². The van der Waals surface area contributed by atoms with Gasteiger partial charge in [-0.1, -0.05) is 13.0 Å². The Labute approximate surface area is 111 Å². The molecule has 0 fully saturated rings. The fourth-order valence-electron chi connectivity index (χ4n) is 1.74. The summed E-state index contributed by atoms with van der Waals surface area (Å²) >= 11 is 0. The average molecular weight is 275 g/mol. The Morgan fingerprint density at radius 2 is 2.00 bits per heavy atom. The molecule has 0 saturated heterocycles. The summed E-state index contributed by atoms with van der Waals surface area (Å²) in [4.78, 5) is 0. The van der Waals surface area contributed by atoms with Gasteiger partial charge in [0.1, 0.15) is 0 Å². The molecule has 0 heterocycles. The van der Waals surface area contributed by atoms with E-state index < -0.39 is 6.61 Å². The lowest BCUT2D eigenvalue weighted by Gasteiger charge is -2.18. The van der Waals surface area contributed by atoms with Crippen LogP contribution in [-0.4, -0.2) is 31.5 Å². The van der Waals surface area contributed by atoms with E-state index >= 15 is 0 Å². The first kappa shape index (κ1) is 15.7. The first-order valence-corrected chi connectivity index (χ1v) is 6.18. The highest BCUT2D eigenvalue weighted by molar-refractivity contribution is 5.44. The topological polar surface area (TPSA) is 50.7 Å². The lowest BCUT2D eigenvalue weighted by molar-refractivity contribution is -0.0514. The fraction of sp³-hybridized carbons (Fsp3) is 0.538. The molecule has 1 aromatic rings. The number of likely N-dealkylation sites (N-methyl/N-ethyl adjacent to an activating group) is 1. The molecule has 2 N–H and O–H groups in total. The number of benzene rings is 1. The Kier molecular flexibility index (Phi) is 6.52. The number of aliphatic hydroxyl groups excluding tert-OH is 1. The van der Waals surface area contributed by atoms with Gasteiger partial charge < -0.3 is 19.9 Å². The molecule has 0 aromatic heterocycles. The number of hydrogen-bond donors (Lipinski definition) is 2. The van der Waals surface area contributed by atoms with Gasteiger partial charge in [-0.25, -0.2) is 0 Å². The molecular weight excluding hydrogens is 256 g/mol. The van der Waals surface area contributed by atoms with E-state index in [0.717, 1.165) is 5.56 Å². The van der Waals surface area contributed by atoms with Crippen molar-refractivity contribution in [3.63, 3.8) is 0 Å². The second-order valence-corrected chi connectivity index (χ2v) is 3.81. The van der Waals surface area contributed by atoms with E-state index in [2.05, 4.69) is 10.1 Å². The standard InChI is InChI=1S/C13H19F2NO3/c1-3-16-10(8-17)9-5-6-11(19-13(14)15)12(7-9)18-4-2/h5-7,10,13,16-17H,3-4,8H2,1-2H3. The van der Waals surface area contributed by atoms with Crippen molar-refractivity contribution < 1.29 is 23.4 Å². The van der Waals surface area contributed by atoms with Crippen LogP contribution in [-0.2, 0) is 0 Å². The summed E-state index contributed by atoms with van der Waals surface area (Å²) < 4.78 is 34.2. The van der Waals surface area contributed by atoms with Gasteiger partial charge in [0, 0.05) is 0 Å². The van der Waals surface area contributed by atoms with E-state index in [0.29, 0.717) is 13.2 Å². The molecule has 0 aliphatic carbocycles. The van der Waals surface area contributed by atoms with Gasteiger partial charge in [0.25, 0.3) is 0 Å². The SMILES string of the molecule is CCNC(CO)c1ccc(OC(F)F)c(OCC)c1. The van der Waals surface area contributed by atoms with Crippen molar-refractivity contribution in [3.05, 3.63) is 23.8 Å². The smallest absolute Gasteiger partial charge is 0.387 e. The normalized spacial score (nSPS) is 12.5. The van der Waals surface area contributed by atoms with Crippen LogP contribution in [0.4, 0.5) is 8.78 Å². The average Bonchev–Trinajstić information content (AvgIpc) is 2.38. The summed E-state index contributed by atoms with van der Waals surface area (Å²) in [6, 6.07) is 4.39. The van der Waals surface area contributed by atoms with Crippen LogP contribution in [0.2, 0.25) is 0 Å². The van der Waals surface area contributed by atoms with Gasteiger partial charge in [-0.15, -0.1) is 0 Å². The van der Waals surface area contributed by atoms with Crippen molar-refractivity contribution in [2.24, 2.45) is 0 Å². The first-order chi connectivity index (χ1) is 9.12. The van der Waals surface area contributed by atoms with Crippen LogP contribution < -0.4 is 14.8 Å². The summed E-state index contributed by atoms with van der Waals surface area (Å²) in [5.41, 5.74) is 0.759. The van der Waals surface area contributed by atoms with Gasteiger partial charge in [-0.2, -0.15) is 8.78 Å². The monoisotopic (exact) mass is 275 g/mol. The van der Waals surface area contributed by atoms with Gasteiger partial charge >= 0.3 is 6.61 Å². The predicted molar refractivity (Wildman–Crippen MR) is 67.7 cm³/mol. The van der Waals surface area contributed by atoms with Gasteiger partial charge in [0.15, 0.2) is 11.5 Å². The maximum Gasteiger partial charge on any atom is 0.387 e. The molecule has 0 radical (unpaired) electrons. The van der Waals surface area contributed by atoms with E-state index in [1.54, 1.807) is 19.1 Å². The molecule has 1 atom stereocenters. The Hall–Kier alpha value is -1.40. The van der Waals surface area contributed by atoms with Crippen molar-refractivity contribution in [2.45, 2.75) is 26.5 Å². The zero-order chi connectivity index (χ0) is 14.3. The summed E-state index contributed by atoms with van der Waals surface area (Å²) in [7, 11) is 0. The fourth-order valence-corrected chi connectivity index (χ4v) is 1.74. The molecular formula is C13H19F2NO3. The van der Waals surface area contributed by atoms with E-state index in [1.807, 2.05) is 6.92 Å². The molecule has 1 unspecified atom stereocenters. The third-order valence-electron chi connectivity index (χ3n) is 2.52. The summed E-state index contributed by atoms with van der Waals surface area (Å²) in [5.74, 6) is 0.241. The predicted octanol–water partition coefficient (Wildman–Crippen LogP) is 2.33. The lowest BCUT2D eigenvalue weighted by atomic mass is 10.1. The highest BCUT2D eigenvalue weighted by Crippen LogP contribution is 2.31. The minimum absolute atomic E-state index is 0.00575. The van der Waals surface area contributed by atoms with Crippen molar-refractivity contribution in [1.29, 1.82) is 0 Å². The molecule has 0 aliphatic heterocycles. The summed E-state index contributed by atoms with van der Waals surface area (Å²) in [5, 5.41) is 12.4. The van der Waals surface area contributed by atoms with E-state index in [1.165, 1.54) is 6.07 Å². The maximum absolute atomic E-state index is 12.3. The van der Waals surface area contributed by atoms with E-state index in [9.17, 15) is 13.9 Å². The maximum atomic E-state index is 12.3. The molecule has 0 saturated carbocycles. The minimum atomic E-state index is -2.90. The number of aliphatic hydroxyl groups is 1. The number of halogens is 2. The molecule has 0 aliphatic rings. The molecule has 108 valence electrons. The Morgan fingerprint density at radius 3 is 2.53 bits per heavy atom. The molecule has 0 bridgehead atoms.